The number of esters is 2. The van der Waals surface area contributed by atoms with Crippen LogP contribution in [0.3, 0.4) is 0 Å². The van der Waals surface area contributed by atoms with Gasteiger partial charge in [-0.3, -0.25) is 4.79 Å². The Morgan fingerprint density at radius 3 is 2.05 bits per heavy atom. The van der Waals surface area contributed by atoms with Gasteiger partial charge in [-0.25, -0.2) is 4.79 Å². The maximum absolute atomic E-state index is 13.2. The molecule has 1 rings (SSSR count). The lowest BCUT2D eigenvalue weighted by atomic mass is 9.88. The molecule has 0 spiro atoms. The fourth-order valence-corrected chi connectivity index (χ4v) is 5.21. The molecule has 0 radical (unpaired) electrons. The van der Waals surface area contributed by atoms with E-state index in [0.717, 1.165) is 5.56 Å². The van der Waals surface area contributed by atoms with Gasteiger partial charge in [0.15, 0.2) is 14.4 Å². The smallest absolute Gasteiger partial charge is 0.340 e. The fraction of sp³-hybridized carbons (Fsp3) is 0.667. The Morgan fingerprint density at radius 2 is 1.59 bits per heavy atom. The fourth-order valence-electron chi connectivity index (χ4n) is 3.73. The molecule has 0 bridgehead atoms. The van der Waals surface area contributed by atoms with Crippen molar-refractivity contribution in [2.75, 3.05) is 13.7 Å². The van der Waals surface area contributed by atoms with Crippen LogP contribution in [0.1, 0.15) is 73.5 Å². The van der Waals surface area contributed by atoms with Crippen LogP contribution < -0.4 is 0 Å². The van der Waals surface area contributed by atoms with E-state index in [2.05, 4.69) is 40.4 Å². The van der Waals surface area contributed by atoms with Crippen LogP contribution in [-0.4, -0.2) is 46.2 Å². The topological polar surface area (TPSA) is 71.1 Å². The molecule has 0 aromatic heterocycles. The minimum Gasteiger partial charge on any atom is -0.465 e. The summed E-state index contributed by atoms with van der Waals surface area (Å²) < 4.78 is 24.2. The third-order valence-corrected chi connectivity index (χ3v) is 11.7. The van der Waals surface area contributed by atoms with Gasteiger partial charge in [0.05, 0.1) is 18.1 Å². The highest BCUT2D eigenvalue weighted by molar-refractivity contribution is 6.74. The van der Waals surface area contributed by atoms with Gasteiger partial charge in [-0.15, -0.1) is 6.58 Å². The Kier molecular flexibility index (Phi) is 12.3. The number of rotatable bonds is 13. The van der Waals surface area contributed by atoms with Gasteiger partial charge in [0.2, 0.25) is 0 Å². The van der Waals surface area contributed by atoms with E-state index in [4.69, 9.17) is 18.6 Å². The van der Waals surface area contributed by atoms with Gasteiger partial charge in [-0.1, -0.05) is 71.0 Å². The molecule has 0 unspecified atom stereocenters. The SMILES string of the molecule is C=CC[C@H](OC(=O)[C@@H](OC)c1ccccc1)[C@@H](C)[C@@H](O[Si](C)(C)C(C)(C)C)[C@@H](C)COC(=O)C(C)(C)C. The molecule has 0 aliphatic rings. The largest absolute Gasteiger partial charge is 0.465 e. The second kappa shape index (κ2) is 13.7. The van der Waals surface area contributed by atoms with Crippen LogP contribution in [0, 0.1) is 17.3 Å². The van der Waals surface area contributed by atoms with Crippen LogP contribution in [0.5, 0.6) is 0 Å². The molecule has 0 aliphatic carbocycles. The lowest BCUT2D eigenvalue weighted by molar-refractivity contribution is -0.167. The van der Waals surface area contributed by atoms with Crippen molar-refractivity contribution in [1.82, 2.24) is 0 Å². The van der Waals surface area contributed by atoms with Crippen molar-refractivity contribution in [1.29, 1.82) is 0 Å². The maximum Gasteiger partial charge on any atom is 0.340 e. The summed E-state index contributed by atoms with van der Waals surface area (Å²) in [7, 11) is -0.708. The molecular weight excluding hydrogens is 484 g/mol. The predicted octanol–water partition coefficient (Wildman–Crippen LogP) is 7.11. The zero-order valence-electron chi connectivity index (χ0n) is 24.9. The summed E-state index contributed by atoms with van der Waals surface area (Å²) in [4.78, 5) is 25.7. The molecule has 0 aliphatic heterocycles. The summed E-state index contributed by atoms with van der Waals surface area (Å²) in [5, 5.41) is -0.0220. The van der Waals surface area contributed by atoms with Gasteiger partial charge in [0.1, 0.15) is 6.10 Å². The molecule has 0 N–H and O–H groups in total. The van der Waals surface area contributed by atoms with Crippen molar-refractivity contribution in [2.24, 2.45) is 17.3 Å². The van der Waals surface area contributed by atoms with Crippen LogP contribution in [0.2, 0.25) is 18.1 Å². The molecule has 0 saturated heterocycles. The number of hydrogen-bond acceptors (Lipinski definition) is 6. The van der Waals surface area contributed by atoms with E-state index < -0.39 is 31.9 Å². The Bertz CT molecular complexity index is 868. The second-order valence-corrected chi connectivity index (χ2v) is 17.3. The molecule has 0 amide bonds. The van der Waals surface area contributed by atoms with Gasteiger partial charge in [0.25, 0.3) is 0 Å². The molecule has 7 heteroatoms. The average Bonchev–Trinajstić information content (AvgIpc) is 2.79. The van der Waals surface area contributed by atoms with Crippen molar-refractivity contribution in [3.8, 4) is 0 Å². The van der Waals surface area contributed by atoms with Crippen molar-refractivity contribution < 1.29 is 28.2 Å². The van der Waals surface area contributed by atoms with Crippen LogP contribution in [0.15, 0.2) is 43.0 Å². The number of ether oxygens (including phenoxy) is 3. The van der Waals surface area contributed by atoms with Gasteiger partial charge in [0, 0.05) is 25.4 Å². The highest BCUT2D eigenvalue weighted by atomic mass is 28.4. The van der Waals surface area contributed by atoms with E-state index in [1.165, 1.54) is 7.11 Å². The Morgan fingerprint density at radius 1 is 1.03 bits per heavy atom. The van der Waals surface area contributed by atoms with E-state index in [1.807, 2.05) is 65.0 Å². The molecule has 6 nitrogen and oxygen atoms in total. The predicted molar refractivity (Wildman–Crippen MR) is 152 cm³/mol. The molecule has 0 fully saturated rings. The van der Waals surface area contributed by atoms with Crippen molar-refractivity contribution in [3.05, 3.63) is 48.6 Å². The van der Waals surface area contributed by atoms with Crippen LogP contribution in [-0.2, 0) is 28.2 Å². The third-order valence-electron chi connectivity index (χ3n) is 7.21. The van der Waals surface area contributed by atoms with Crippen molar-refractivity contribution in [2.45, 2.75) is 98.3 Å². The quantitative estimate of drug-likeness (QED) is 0.152. The van der Waals surface area contributed by atoms with E-state index in [-0.39, 0.29) is 35.6 Å². The first-order valence-electron chi connectivity index (χ1n) is 13.2. The summed E-state index contributed by atoms with van der Waals surface area (Å²) in [5.74, 6) is -1.01. The molecule has 37 heavy (non-hydrogen) atoms. The number of hydrogen-bond donors (Lipinski definition) is 0. The summed E-state index contributed by atoms with van der Waals surface area (Å²) in [6.07, 6.45) is 0.605. The lowest BCUT2D eigenvalue weighted by Crippen LogP contribution is -2.50. The molecule has 5 atom stereocenters. The third kappa shape index (κ3) is 9.69. The molecule has 1 aromatic carbocycles. The van der Waals surface area contributed by atoms with E-state index in [9.17, 15) is 9.59 Å². The van der Waals surface area contributed by atoms with Crippen molar-refractivity contribution in [3.63, 3.8) is 0 Å². The standard InChI is InChI=1S/C30H50O6Si/c1-13-17-24(35-27(31)26(33-10)23-18-15-14-16-19-23)22(3)25(36-37(11,12)30(7,8)9)21(2)20-34-28(32)29(4,5)6/h13-16,18-19,21-22,24-26H,1,17,20H2,2-12H3/t21-,22+,24-,25-,26-/m0/s1. The summed E-state index contributed by atoms with van der Waals surface area (Å²) in [6, 6.07) is 9.30. The minimum atomic E-state index is -2.21. The number of carbonyl (C=O) groups is 2. The summed E-state index contributed by atoms with van der Waals surface area (Å²) in [6.45, 7) is 24.7. The molecular formula is C30H50O6Si. The van der Waals surface area contributed by atoms with E-state index in [1.54, 1.807) is 6.08 Å². The average molecular weight is 535 g/mol. The van der Waals surface area contributed by atoms with Crippen LogP contribution in [0.4, 0.5) is 0 Å². The number of methoxy groups -OCH3 is 1. The highest BCUT2D eigenvalue weighted by Gasteiger charge is 2.44. The monoisotopic (exact) mass is 534 g/mol. The summed E-state index contributed by atoms with van der Waals surface area (Å²) in [5.41, 5.74) is 0.144. The van der Waals surface area contributed by atoms with Gasteiger partial charge in [-0.2, -0.15) is 0 Å². The number of benzene rings is 1. The summed E-state index contributed by atoms with van der Waals surface area (Å²) >= 11 is 0. The molecule has 0 saturated carbocycles. The van der Waals surface area contributed by atoms with Gasteiger partial charge >= 0.3 is 11.9 Å². The normalized spacial score (nSPS) is 16.7. The first kappa shape index (κ1) is 33.1. The first-order valence-corrected chi connectivity index (χ1v) is 16.1. The zero-order valence-corrected chi connectivity index (χ0v) is 25.9. The van der Waals surface area contributed by atoms with Crippen molar-refractivity contribution >= 4 is 20.3 Å². The van der Waals surface area contributed by atoms with Crippen LogP contribution in [0.25, 0.3) is 0 Å². The molecule has 210 valence electrons. The first-order chi connectivity index (χ1) is 17.0. The second-order valence-electron chi connectivity index (χ2n) is 12.6. The Hall–Kier alpha value is -1.96. The molecule has 0 heterocycles. The minimum absolute atomic E-state index is 0.0220. The lowest BCUT2D eigenvalue weighted by Gasteiger charge is -2.44. The molecule has 1 aromatic rings. The van der Waals surface area contributed by atoms with Gasteiger partial charge < -0.3 is 18.6 Å². The maximum atomic E-state index is 13.2. The highest BCUT2D eigenvalue weighted by Crippen LogP contribution is 2.40. The van der Waals surface area contributed by atoms with Crippen LogP contribution >= 0.6 is 0 Å². The Labute approximate surface area is 226 Å². The van der Waals surface area contributed by atoms with E-state index in [0.29, 0.717) is 6.42 Å². The Balaban J connectivity index is 3.25. The number of carbonyl (C=O) groups excluding carboxylic acids is 2. The van der Waals surface area contributed by atoms with Gasteiger partial charge in [-0.05, 0) is 44.5 Å². The van der Waals surface area contributed by atoms with E-state index >= 15 is 0 Å². The zero-order chi connectivity index (χ0) is 28.6.